The van der Waals surface area contributed by atoms with E-state index in [2.05, 4.69) is 13.0 Å². The zero-order chi connectivity index (χ0) is 32.6. The molecule has 3 aliphatic carbocycles. The van der Waals surface area contributed by atoms with Crippen LogP contribution >= 0.6 is 0 Å². The van der Waals surface area contributed by atoms with Gasteiger partial charge in [0, 0.05) is 6.42 Å². The normalized spacial score (nSPS) is 30.7. The topological polar surface area (TPSA) is 77.8 Å². The van der Waals surface area contributed by atoms with Crippen LogP contribution in [0.15, 0.2) is 18.2 Å². The maximum absolute atomic E-state index is 13.0. The Kier molecular flexibility index (Phi) is 10.7. The van der Waals surface area contributed by atoms with Crippen molar-refractivity contribution < 1.29 is 40.6 Å². The van der Waals surface area contributed by atoms with Crippen molar-refractivity contribution in [3.05, 3.63) is 29.3 Å². The fourth-order valence-electron chi connectivity index (χ4n) is 8.69. The number of phenolic OH excluding ortho intramolecular Hbond substituents is 1. The maximum atomic E-state index is 13.0. The summed E-state index contributed by atoms with van der Waals surface area (Å²) in [4.78, 5) is 2.04. The predicted octanol–water partition coefficient (Wildman–Crippen LogP) is 7.50. The van der Waals surface area contributed by atoms with E-state index in [1.54, 1.807) is 6.07 Å². The summed E-state index contributed by atoms with van der Waals surface area (Å²) in [5, 5.41) is 21.5. The molecule has 6 atom stereocenters. The average Bonchev–Trinajstić information content (AvgIpc) is 3.15. The first-order chi connectivity index (χ1) is 20.4. The zero-order valence-electron chi connectivity index (χ0n) is 26.3. The maximum Gasteiger partial charge on any atom is 0.453 e. The zero-order valence-corrected chi connectivity index (χ0v) is 27.1. The Hall–Kier alpha value is -1.46. The number of unbranched alkanes of at least 4 members (excludes halogenated alkanes) is 2. The molecule has 0 heterocycles. The van der Waals surface area contributed by atoms with Gasteiger partial charge in [0.1, 0.15) is 15.6 Å². The Morgan fingerprint density at radius 2 is 1.64 bits per heavy atom. The van der Waals surface area contributed by atoms with Gasteiger partial charge in [0.05, 0.1) is 17.1 Å². The van der Waals surface area contributed by atoms with Gasteiger partial charge in [0.15, 0.2) is 0 Å². The molecular formula is C33H50F5NO4S. The summed E-state index contributed by atoms with van der Waals surface area (Å²) >= 11 is 0. The lowest BCUT2D eigenvalue weighted by Gasteiger charge is -2.55. The largest absolute Gasteiger partial charge is 0.508 e. The summed E-state index contributed by atoms with van der Waals surface area (Å²) in [5.41, 5.74) is 1.91. The van der Waals surface area contributed by atoms with E-state index < -0.39 is 46.1 Å². The molecule has 1 aromatic rings. The number of halogens is 5. The second-order valence-electron chi connectivity index (χ2n) is 14.4. The number of benzene rings is 1. The second kappa shape index (κ2) is 13.3. The van der Waals surface area contributed by atoms with Gasteiger partial charge < -0.3 is 15.1 Å². The van der Waals surface area contributed by atoms with Crippen LogP contribution in [-0.4, -0.2) is 72.9 Å². The lowest BCUT2D eigenvalue weighted by Crippen LogP contribution is -2.51. The minimum absolute atomic E-state index is 0.0782. The van der Waals surface area contributed by atoms with E-state index in [1.807, 2.05) is 24.9 Å². The van der Waals surface area contributed by atoms with Gasteiger partial charge >= 0.3 is 12.1 Å². The van der Waals surface area contributed by atoms with Crippen LogP contribution in [0.25, 0.3) is 0 Å². The van der Waals surface area contributed by atoms with Gasteiger partial charge in [-0.3, -0.25) is 0 Å². The van der Waals surface area contributed by atoms with E-state index >= 15 is 0 Å². The van der Waals surface area contributed by atoms with Gasteiger partial charge in [-0.2, -0.15) is 22.0 Å². The third-order valence-corrected chi connectivity index (χ3v) is 13.2. The molecule has 0 unspecified atom stereocenters. The summed E-state index contributed by atoms with van der Waals surface area (Å²) in [6.07, 6.45) is 1.42. The third-order valence-electron chi connectivity index (χ3n) is 11.4. The van der Waals surface area contributed by atoms with Crippen LogP contribution < -0.4 is 0 Å². The summed E-state index contributed by atoms with van der Waals surface area (Å²) in [5.74, 6) is -3.52. The highest BCUT2D eigenvalue weighted by Crippen LogP contribution is 2.65. The van der Waals surface area contributed by atoms with Crippen LogP contribution in [0.2, 0.25) is 0 Å². The molecule has 2 N–H and O–H groups in total. The molecule has 1 aromatic carbocycles. The van der Waals surface area contributed by atoms with Gasteiger partial charge in [-0.1, -0.05) is 25.8 Å². The van der Waals surface area contributed by atoms with Crippen LogP contribution in [0.4, 0.5) is 22.0 Å². The smallest absolute Gasteiger partial charge is 0.453 e. The summed E-state index contributed by atoms with van der Waals surface area (Å²) < 4.78 is 87.2. The molecule has 0 bridgehead atoms. The van der Waals surface area contributed by atoms with E-state index in [4.69, 9.17) is 0 Å². The van der Waals surface area contributed by atoms with E-state index in [0.717, 1.165) is 64.3 Å². The molecule has 3 aliphatic rings. The fraction of sp³-hybridized carbons (Fsp3) is 0.818. The number of rotatable bonds is 14. The summed E-state index contributed by atoms with van der Waals surface area (Å²) in [6.45, 7) is 5.60. The van der Waals surface area contributed by atoms with Crippen LogP contribution in [-0.2, 0) is 16.3 Å². The van der Waals surface area contributed by atoms with Crippen molar-refractivity contribution in [3.63, 3.8) is 0 Å². The Labute approximate surface area is 259 Å². The van der Waals surface area contributed by atoms with Crippen molar-refractivity contribution in [3.8, 4) is 5.75 Å². The number of hydrogen-bond donors (Lipinski definition) is 2. The molecule has 2 fully saturated rings. The first-order valence-electron chi connectivity index (χ1n) is 16.2. The number of phenols is 1. The highest BCUT2D eigenvalue weighted by molar-refractivity contribution is 7.91. The van der Waals surface area contributed by atoms with Crippen molar-refractivity contribution in [2.24, 2.45) is 23.2 Å². The number of fused-ring (bicyclic) bond motifs is 5. The monoisotopic (exact) mass is 651 g/mol. The fourth-order valence-corrected chi connectivity index (χ4v) is 10.1. The minimum atomic E-state index is -5.66. The van der Waals surface area contributed by atoms with E-state index in [9.17, 15) is 40.6 Å². The van der Waals surface area contributed by atoms with E-state index in [0.29, 0.717) is 42.4 Å². The molecule has 252 valence electrons. The molecule has 0 radical (unpaired) electrons. The van der Waals surface area contributed by atoms with Crippen LogP contribution in [0.3, 0.4) is 0 Å². The van der Waals surface area contributed by atoms with Gasteiger partial charge in [-0.05, 0) is 137 Å². The van der Waals surface area contributed by atoms with Crippen molar-refractivity contribution >= 4 is 9.84 Å². The van der Waals surface area contributed by atoms with Crippen molar-refractivity contribution in [1.82, 2.24) is 4.90 Å². The molecule has 0 saturated heterocycles. The Morgan fingerprint density at radius 1 is 0.955 bits per heavy atom. The van der Waals surface area contributed by atoms with Crippen LogP contribution in [0.5, 0.6) is 5.75 Å². The molecule has 0 aromatic heterocycles. The molecule has 4 rings (SSSR count). The Morgan fingerprint density at radius 3 is 2.34 bits per heavy atom. The van der Waals surface area contributed by atoms with Crippen LogP contribution in [0.1, 0.15) is 102 Å². The van der Waals surface area contributed by atoms with Gasteiger partial charge in [0.25, 0.3) is 0 Å². The lowest BCUT2D eigenvalue weighted by molar-refractivity contribution is -0.284. The van der Waals surface area contributed by atoms with Gasteiger partial charge in [-0.15, -0.1) is 0 Å². The van der Waals surface area contributed by atoms with Crippen molar-refractivity contribution in [1.29, 1.82) is 0 Å². The third kappa shape index (κ3) is 7.73. The number of sulfone groups is 1. The first kappa shape index (κ1) is 35.4. The highest BCUT2D eigenvalue weighted by Gasteiger charge is 2.61. The molecule has 0 spiro atoms. The molecule has 0 aliphatic heterocycles. The molecule has 0 amide bonds. The van der Waals surface area contributed by atoms with E-state index in [1.165, 1.54) is 11.1 Å². The summed E-state index contributed by atoms with van der Waals surface area (Å²) in [6, 6.07) is 5.85. The first-order valence-corrected chi connectivity index (χ1v) is 18.1. The molecule has 2 saturated carbocycles. The number of alkyl halides is 5. The second-order valence-corrected chi connectivity index (χ2v) is 16.7. The summed E-state index contributed by atoms with van der Waals surface area (Å²) in [7, 11) is -1.79. The Balaban J connectivity index is 1.22. The van der Waals surface area contributed by atoms with E-state index in [-0.39, 0.29) is 11.2 Å². The Bertz CT molecular complexity index is 1240. The number of aromatic hydroxyl groups is 1. The van der Waals surface area contributed by atoms with Gasteiger partial charge in [-0.25, -0.2) is 8.42 Å². The average molecular weight is 652 g/mol. The number of aliphatic hydroxyl groups is 1. The SMILES string of the molecule is CN(CCCCC[C@@H]1Cc2cc(O)ccc2[C@H]2CC[C@@]3(C)[C@@H](CC[C@]3(C)O)[C@H]12)CCCS(=O)(=O)CCCC(F)(F)C(F)(F)F. The van der Waals surface area contributed by atoms with Crippen molar-refractivity contribution in [2.45, 2.75) is 115 Å². The molecular weight excluding hydrogens is 601 g/mol. The molecule has 44 heavy (non-hydrogen) atoms. The quantitative estimate of drug-likeness (QED) is 0.161. The standard InChI is InChI=1S/C33H50F5NO4S/c1-30-15-12-27-26-11-10-25(40)22-24(26)21-23(29(27)28(30)13-16-31(30,2)41)9-5-4-6-17-39(3)18-8-20-44(42,43)19-7-14-32(34,35)33(36,37)38/h10-11,22-23,27-29,40-41H,4-9,12-21H2,1-3H3/t23-,27-,28+,29-,30+,31+/m1/s1. The molecule has 11 heteroatoms. The van der Waals surface area contributed by atoms with Gasteiger partial charge in [0.2, 0.25) is 0 Å². The highest BCUT2D eigenvalue weighted by atomic mass is 32.2. The molecule has 5 nitrogen and oxygen atoms in total. The number of nitrogens with zero attached hydrogens (tertiary/aromatic N) is 1. The lowest BCUT2D eigenvalue weighted by atomic mass is 9.50. The minimum Gasteiger partial charge on any atom is -0.508 e. The van der Waals surface area contributed by atoms with Crippen LogP contribution in [0, 0.1) is 23.2 Å². The predicted molar refractivity (Wildman–Crippen MR) is 162 cm³/mol. The number of hydrogen-bond acceptors (Lipinski definition) is 5. The van der Waals surface area contributed by atoms with Crippen molar-refractivity contribution in [2.75, 3.05) is 31.6 Å².